The Hall–Kier alpha value is -3.15. The quantitative estimate of drug-likeness (QED) is 0.799. The first-order chi connectivity index (χ1) is 12.2. The maximum absolute atomic E-state index is 12.2. The van der Waals surface area contributed by atoms with Crippen LogP contribution in [0.5, 0.6) is 5.88 Å². The topological polar surface area (TPSA) is 69.0 Å². The number of hydrogen-bond donors (Lipinski definition) is 1. The van der Waals surface area contributed by atoms with E-state index in [1.165, 1.54) is 0 Å². The second-order valence-corrected chi connectivity index (χ2v) is 6.04. The number of benzene rings is 1. The van der Waals surface area contributed by atoms with E-state index in [-0.39, 0.29) is 11.8 Å². The van der Waals surface area contributed by atoms with E-state index in [1.807, 2.05) is 49.5 Å². The van der Waals surface area contributed by atoms with E-state index in [4.69, 9.17) is 4.74 Å². The smallest absolute Gasteiger partial charge is 0.226 e. The van der Waals surface area contributed by atoms with Crippen LogP contribution in [0.4, 0.5) is 5.82 Å². The van der Waals surface area contributed by atoms with Crippen LogP contribution in [0.2, 0.25) is 0 Å². The molecule has 3 heterocycles. The fraction of sp³-hybridized carbons (Fsp3) is 0.211. The van der Waals surface area contributed by atoms with E-state index in [1.54, 1.807) is 18.0 Å². The van der Waals surface area contributed by atoms with Crippen LogP contribution in [0.1, 0.15) is 23.5 Å². The van der Waals surface area contributed by atoms with Crippen molar-refractivity contribution in [3.05, 3.63) is 59.8 Å². The van der Waals surface area contributed by atoms with Crippen molar-refractivity contribution < 1.29 is 9.53 Å². The lowest BCUT2D eigenvalue weighted by Gasteiger charge is -2.24. The van der Waals surface area contributed by atoms with Crippen molar-refractivity contribution in [3.63, 3.8) is 0 Å². The predicted molar refractivity (Wildman–Crippen MR) is 94.5 cm³/mol. The van der Waals surface area contributed by atoms with Crippen LogP contribution >= 0.6 is 0 Å². The van der Waals surface area contributed by atoms with Gasteiger partial charge in [-0.2, -0.15) is 5.10 Å². The minimum absolute atomic E-state index is 0.0177. The molecule has 6 heteroatoms. The van der Waals surface area contributed by atoms with Crippen LogP contribution < -0.4 is 10.1 Å². The Bertz CT molecular complexity index is 917. The summed E-state index contributed by atoms with van der Waals surface area (Å²) in [6.45, 7) is 0. The Labute approximate surface area is 145 Å². The van der Waals surface area contributed by atoms with Gasteiger partial charge < -0.3 is 10.1 Å². The van der Waals surface area contributed by atoms with Crippen molar-refractivity contribution in [2.45, 2.75) is 12.3 Å². The number of ether oxygens (including phenoxy) is 1. The number of aromatic nitrogens is 3. The van der Waals surface area contributed by atoms with E-state index in [2.05, 4.69) is 15.4 Å². The number of pyridine rings is 1. The maximum atomic E-state index is 12.2. The van der Waals surface area contributed by atoms with Crippen molar-refractivity contribution in [1.29, 1.82) is 0 Å². The molecule has 0 fully saturated rings. The number of methoxy groups -OCH3 is 1. The second-order valence-electron chi connectivity index (χ2n) is 6.04. The first-order valence-corrected chi connectivity index (χ1v) is 8.09. The molecule has 0 bridgehead atoms. The van der Waals surface area contributed by atoms with Gasteiger partial charge in [0.15, 0.2) is 0 Å². The van der Waals surface area contributed by atoms with E-state index in [9.17, 15) is 4.79 Å². The van der Waals surface area contributed by atoms with Crippen LogP contribution in [-0.4, -0.2) is 27.8 Å². The first kappa shape index (κ1) is 15.4. The van der Waals surface area contributed by atoms with Crippen LogP contribution in [-0.2, 0) is 11.8 Å². The molecule has 0 radical (unpaired) electrons. The zero-order valence-corrected chi connectivity index (χ0v) is 14.1. The molecule has 3 aromatic rings. The summed E-state index contributed by atoms with van der Waals surface area (Å²) < 4.78 is 6.87. The number of nitrogens with one attached hydrogen (secondary N) is 1. The highest BCUT2D eigenvalue weighted by molar-refractivity contribution is 5.96. The van der Waals surface area contributed by atoms with Gasteiger partial charge in [0.05, 0.1) is 12.8 Å². The third kappa shape index (κ3) is 2.65. The van der Waals surface area contributed by atoms with Gasteiger partial charge in [0.25, 0.3) is 0 Å². The summed E-state index contributed by atoms with van der Waals surface area (Å²) in [6.07, 6.45) is 2.14. The van der Waals surface area contributed by atoms with Gasteiger partial charge in [0.1, 0.15) is 5.82 Å². The standard InChI is InChI=1S/C19H18N4O2/c1-23-19-17(18(22-23)12-6-4-3-5-7-12)14(10-15(24)21-19)13-8-9-16(25-2)20-11-13/h3-9,11,14H,10H2,1-2H3,(H,21,24)/t14-/m0/s1. The number of carbonyl (C=O) groups is 1. The van der Waals surface area contributed by atoms with Crippen molar-refractivity contribution >= 4 is 11.7 Å². The van der Waals surface area contributed by atoms with Gasteiger partial charge in [0.2, 0.25) is 11.8 Å². The van der Waals surface area contributed by atoms with Gasteiger partial charge in [0, 0.05) is 42.8 Å². The molecule has 6 nitrogen and oxygen atoms in total. The predicted octanol–water partition coefficient (Wildman–Crippen LogP) is 2.96. The number of hydrogen-bond acceptors (Lipinski definition) is 4. The van der Waals surface area contributed by atoms with E-state index in [0.717, 1.165) is 28.2 Å². The minimum atomic E-state index is -0.0916. The number of carbonyl (C=O) groups excluding carboxylic acids is 1. The molecule has 1 aliphatic heterocycles. The molecule has 1 atom stereocenters. The summed E-state index contributed by atoms with van der Waals surface area (Å²) >= 11 is 0. The molecule has 0 saturated carbocycles. The molecule has 1 amide bonds. The summed E-state index contributed by atoms with van der Waals surface area (Å²) in [4.78, 5) is 16.5. The average Bonchev–Trinajstić information content (AvgIpc) is 2.98. The van der Waals surface area contributed by atoms with Crippen molar-refractivity contribution in [2.24, 2.45) is 7.05 Å². The fourth-order valence-corrected chi connectivity index (χ4v) is 3.30. The fourth-order valence-electron chi connectivity index (χ4n) is 3.30. The molecule has 1 N–H and O–H groups in total. The molecule has 2 aromatic heterocycles. The lowest BCUT2D eigenvalue weighted by Crippen LogP contribution is -2.24. The highest BCUT2D eigenvalue weighted by atomic mass is 16.5. The number of aryl methyl sites for hydroxylation is 1. The SMILES string of the molecule is COc1ccc([C@@H]2CC(=O)Nc3c2c(-c2ccccc2)nn3C)cn1. The molecule has 4 rings (SSSR count). The van der Waals surface area contributed by atoms with E-state index in [0.29, 0.717) is 12.3 Å². The number of amides is 1. The average molecular weight is 334 g/mol. The normalized spacial score (nSPS) is 16.2. The van der Waals surface area contributed by atoms with Gasteiger partial charge in [-0.05, 0) is 5.56 Å². The minimum Gasteiger partial charge on any atom is -0.481 e. The number of rotatable bonds is 3. The van der Waals surface area contributed by atoms with E-state index >= 15 is 0 Å². The third-order valence-electron chi connectivity index (χ3n) is 4.50. The van der Waals surface area contributed by atoms with Crippen LogP contribution in [0.25, 0.3) is 11.3 Å². The zero-order chi connectivity index (χ0) is 17.4. The van der Waals surface area contributed by atoms with Crippen molar-refractivity contribution in [2.75, 3.05) is 12.4 Å². The number of fused-ring (bicyclic) bond motifs is 1. The Balaban J connectivity index is 1.87. The molecule has 1 aliphatic rings. The van der Waals surface area contributed by atoms with Crippen molar-refractivity contribution in [3.8, 4) is 17.1 Å². The van der Waals surface area contributed by atoms with Gasteiger partial charge in [-0.3, -0.25) is 9.48 Å². The Morgan fingerprint density at radius 1 is 1.20 bits per heavy atom. The Morgan fingerprint density at radius 2 is 2.00 bits per heavy atom. The molecule has 0 saturated heterocycles. The molecule has 0 aliphatic carbocycles. The van der Waals surface area contributed by atoms with Crippen LogP contribution in [0.3, 0.4) is 0 Å². The summed E-state index contributed by atoms with van der Waals surface area (Å²) in [7, 11) is 3.43. The van der Waals surface area contributed by atoms with Gasteiger partial charge in [-0.15, -0.1) is 0 Å². The first-order valence-electron chi connectivity index (χ1n) is 8.09. The van der Waals surface area contributed by atoms with E-state index < -0.39 is 0 Å². The largest absolute Gasteiger partial charge is 0.481 e. The van der Waals surface area contributed by atoms with Crippen molar-refractivity contribution in [1.82, 2.24) is 14.8 Å². The Morgan fingerprint density at radius 3 is 2.68 bits per heavy atom. The molecule has 126 valence electrons. The highest BCUT2D eigenvalue weighted by Crippen LogP contribution is 2.42. The molecule has 25 heavy (non-hydrogen) atoms. The van der Waals surface area contributed by atoms with Crippen LogP contribution in [0, 0.1) is 0 Å². The summed E-state index contributed by atoms with van der Waals surface area (Å²) in [5.41, 5.74) is 3.92. The number of nitrogens with zero attached hydrogens (tertiary/aromatic N) is 3. The second kappa shape index (κ2) is 6.05. The summed E-state index contributed by atoms with van der Waals surface area (Å²) in [6, 6.07) is 13.8. The summed E-state index contributed by atoms with van der Waals surface area (Å²) in [5, 5.41) is 7.62. The lowest BCUT2D eigenvalue weighted by molar-refractivity contribution is -0.116. The zero-order valence-electron chi connectivity index (χ0n) is 14.1. The Kier molecular flexibility index (Phi) is 3.72. The molecule has 0 unspecified atom stereocenters. The van der Waals surface area contributed by atoms with Gasteiger partial charge >= 0.3 is 0 Å². The summed E-state index contributed by atoms with van der Waals surface area (Å²) in [5.74, 6) is 1.19. The van der Waals surface area contributed by atoms with Gasteiger partial charge in [-0.1, -0.05) is 36.4 Å². The van der Waals surface area contributed by atoms with Crippen LogP contribution in [0.15, 0.2) is 48.7 Å². The third-order valence-corrected chi connectivity index (χ3v) is 4.50. The molecular weight excluding hydrogens is 316 g/mol. The molecule has 1 aromatic carbocycles. The number of anilines is 1. The van der Waals surface area contributed by atoms with Gasteiger partial charge in [-0.25, -0.2) is 4.98 Å². The molecule has 0 spiro atoms. The lowest BCUT2D eigenvalue weighted by atomic mass is 9.85. The molecular formula is C19H18N4O2. The maximum Gasteiger partial charge on any atom is 0.226 e. The highest BCUT2D eigenvalue weighted by Gasteiger charge is 2.33. The monoisotopic (exact) mass is 334 g/mol.